The summed E-state index contributed by atoms with van der Waals surface area (Å²) in [6.45, 7) is 12.1. The molecule has 0 bridgehead atoms. The smallest absolute Gasteiger partial charge is 0.334 e. The van der Waals surface area contributed by atoms with Crippen molar-refractivity contribution >= 4 is 23.9 Å². The molecule has 8 atom stereocenters. The molecule has 0 N–H and O–H groups in total. The average molecular weight is 519 g/mol. The number of ether oxygens (including phenoxy) is 5. The van der Waals surface area contributed by atoms with Crippen LogP contribution in [0.25, 0.3) is 0 Å². The van der Waals surface area contributed by atoms with E-state index in [9.17, 15) is 19.2 Å². The zero-order valence-corrected chi connectivity index (χ0v) is 22.8. The second-order valence-corrected chi connectivity index (χ2v) is 11.2. The number of hydrogen-bond donors (Lipinski definition) is 0. The van der Waals surface area contributed by atoms with Crippen molar-refractivity contribution in [2.24, 2.45) is 11.3 Å². The number of carbonyl (C=O) groups excluding carboxylic acids is 4. The number of epoxide rings is 1. The van der Waals surface area contributed by atoms with Crippen LogP contribution in [0, 0.1) is 11.3 Å². The van der Waals surface area contributed by atoms with Gasteiger partial charge >= 0.3 is 23.9 Å². The van der Waals surface area contributed by atoms with Gasteiger partial charge < -0.3 is 23.7 Å². The van der Waals surface area contributed by atoms with Crippen LogP contribution >= 0.6 is 0 Å². The molecule has 0 aromatic rings. The first-order valence-corrected chi connectivity index (χ1v) is 13.1. The predicted molar refractivity (Wildman–Crippen MR) is 131 cm³/mol. The van der Waals surface area contributed by atoms with E-state index < -0.39 is 53.3 Å². The normalized spacial score (nSPS) is 38.8. The first-order valence-electron chi connectivity index (χ1n) is 13.1. The van der Waals surface area contributed by atoms with Gasteiger partial charge in [0.05, 0.1) is 17.1 Å². The summed E-state index contributed by atoms with van der Waals surface area (Å²) in [6, 6.07) is 0. The largest absolute Gasteiger partial charge is 0.462 e. The Labute approximate surface area is 217 Å². The molecule has 2 fully saturated rings. The molecule has 0 aromatic carbocycles. The van der Waals surface area contributed by atoms with Gasteiger partial charge in [-0.1, -0.05) is 19.4 Å². The monoisotopic (exact) mass is 518 g/mol. The third-order valence-electron chi connectivity index (χ3n) is 8.58. The van der Waals surface area contributed by atoms with Gasteiger partial charge in [0.1, 0.15) is 24.4 Å². The van der Waals surface area contributed by atoms with Gasteiger partial charge in [0.15, 0.2) is 0 Å². The lowest BCUT2D eigenvalue weighted by Crippen LogP contribution is -2.62. The molecule has 0 amide bonds. The Kier molecular flexibility index (Phi) is 7.31. The lowest BCUT2D eigenvalue weighted by molar-refractivity contribution is -0.209. The molecule has 37 heavy (non-hydrogen) atoms. The minimum atomic E-state index is -1.00. The fourth-order valence-corrected chi connectivity index (χ4v) is 6.65. The average Bonchev–Trinajstić information content (AvgIpc) is 3.37. The molecule has 4 rings (SSSR count). The van der Waals surface area contributed by atoms with E-state index in [-0.39, 0.29) is 30.8 Å². The third kappa shape index (κ3) is 4.94. The molecule has 0 radical (unpaired) electrons. The van der Waals surface area contributed by atoms with Crippen LogP contribution in [-0.4, -0.2) is 60.0 Å². The molecule has 204 valence electrons. The molecule has 0 spiro atoms. The van der Waals surface area contributed by atoms with Crippen molar-refractivity contribution in [2.75, 3.05) is 0 Å². The first-order chi connectivity index (χ1) is 17.3. The SMILES string of the molecule is CCCC(=O)OC1C(OC(C)=O)CC(C)=CC2OC(=O)C(C)=C2CC2C3(C)OC3CC(OC(C)=O)C12C. The minimum absolute atomic E-state index is 0.160. The van der Waals surface area contributed by atoms with Crippen molar-refractivity contribution in [1.29, 1.82) is 0 Å². The summed E-state index contributed by atoms with van der Waals surface area (Å²) < 4.78 is 29.8. The Hall–Kier alpha value is -2.68. The van der Waals surface area contributed by atoms with E-state index in [4.69, 9.17) is 23.7 Å². The summed E-state index contributed by atoms with van der Waals surface area (Å²) in [7, 11) is 0. The Morgan fingerprint density at radius 2 is 1.73 bits per heavy atom. The van der Waals surface area contributed by atoms with Gasteiger partial charge in [-0.3, -0.25) is 14.4 Å². The van der Waals surface area contributed by atoms with Crippen molar-refractivity contribution < 1.29 is 42.9 Å². The van der Waals surface area contributed by atoms with Crippen LogP contribution in [0.15, 0.2) is 22.8 Å². The van der Waals surface area contributed by atoms with Crippen molar-refractivity contribution in [2.45, 2.75) is 117 Å². The maximum absolute atomic E-state index is 13.0. The first kappa shape index (κ1) is 27.4. The predicted octanol–water partition coefficient (Wildman–Crippen LogP) is 3.73. The van der Waals surface area contributed by atoms with E-state index in [1.165, 1.54) is 13.8 Å². The van der Waals surface area contributed by atoms with E-state index >= 15 is 0 Å². The fraction of sp³-hybridized carbons (Fsp3) is 0.714. The topological polar surface area (TPSA) is 118 Å². The van der Waals surface area contributed by atoms with Gasteiger partial charge in [-0.05, 0) is 45.3 Å². The number of rotatable bonds is 5. The Morgan fingerprint density at radius 3 is 2.35 bits per heavy atom. The zero-order chi connectivity index (χ0) is 27.3. The number of carbonyl (C=O) groups is 4. The minimum Gasteiger partial charge on any atom is -0.462 e. The molecule has 1 saturated heterocycles. The van der Waals surface area contributed by atoms with Gasteiger partial charge in [0.2, 0.25) is 0 Å². The molecule has 8 unspecified atom stereocenters. The van der Waals surface area contributed by atoms with Gasteiger partial charge in [-0.15, -0.1) is 0 Å². The quantitative estimate of drug-likeness (QED) is 0.232. The standard InChI is InChI=1S/C28H38O9/c1-8-9-24(31)36-25-20(33-16(4)29)11-14(2)10-19-18(15(3)26(32)35-19)12-21-27(25,6)22(34-17(5)30)13-23-28(21,7)37-23/h10,19-23,25H,8-9,11-13H2,1-7H3. The summed E-state index contributed by atoms with van der Waals surface area (Å²) in [6.07, 6.45) is 0.575. The molecule has 9 nitrogen and oxygen atoms in total. The Balaban J connectivity index is 1.93. The van der Waals surface area contributed by atoms with Crippen molar-refractivity contribution in [1.82, 2.24) is 0 Å². The summed E-state index contributed by atoms with van der Waals surface area (Å²) in [5.41, 5.74) is 0.593. The van der Waals surface area contributed by atoms with Gasteiger partial charge in [0, 0.05) is 44.6 Å². The second kappa shape index (κ2) is 9.89. The van der Waals surface area contributed by atoms with E-state index in [1.807, 2.05) is 33.8 Å². The highest BCUT2D eigenvalue weighted by atomic mass is 16.6. The number of hydrogen-bond acceptors (Lipinski definition) is 9. The highest BCUT2D eigenvalue weighted by Crippen LogP contribution is 2.63. The highest BCUT2D eigenvalue weighted by molar-refractivity contribution is 5.92. The summed E-state index contributed by atoms with van der Waals surface area (Å²) in [4.78, 5) is 50.2. The maximum atomic E-state index is 13.0. The molecular weight excluding hydrogens is 480 g/mol. The highest BCUT2D eigenvalue weighted by Gasteiger charge is 2.72. The van der Waals surface area contributed by atoms with Crippen molar-refractivity contribution in [3.63, 3.8) is 0 Å². The van der Waals surface area contributed by atoms with E-state index in [1.54, 1.807) is 6.92 Å². The molecule has 2 aliphatic carbocycles. The third-order valence-corrected chi connectivity index (χ3v) is 8.58. The van der Waals surface area contributed by atoms with Gasteiger partial charge in [0.25, 0.3) is 0 Å². The lowest BCUT2D eigenvalue weighted by atomic mass is 9.55. The van der Waals surface area contributed by atoms with Gasteiger partial charge in [-0.2, -0.15) is 0 Å². The van der Waals surface area contributed by atoms with Crippen LogP contribution in [0.5, 0.6) is 0 Å². The molecule has 2 heterocycles. The molecule has 0 aromatic heterocycles. The maximum Gasteiger partial charge on any atom is 0.334 e. The molecule has 4 aliphatic rings. The summed E-state index contributed by atoms with van der Waals surface area (Å²) in [5, 5.41) is 0. The van der Waals surface area contributed by atoms with Crippen LogP contribution in [0.2, 0.25) is 0 Å². The number of fused-ring (bicyclic) bond motifs is 4. The van der Waals surface area contributed by atoms with Crippen LogP contribution in [0.4, 0.5) is 0 Å². The number of esters is 4. The fourth-order valence-electron chi connectivity index (χ4n) is 6.65. The Bertz CT molecular complexity index is 1060. The lowest BCUT2D eigenvalue weighted by Gasteiger charge is -2.52. The van der Waals surface area contributed by atoms with Crippen molar-refractivity contribution in [3.05, 3.63) is 22.8 Å². The molecule has 2 aliphatic heterocycles. The summed E-state index contributed by atoms with van der Waals surface area (Å²) >= 11 is 0. The summed E-state index contributed by atoms with van der Waals surface area (Å²) in [5.74, 6) is -2.10. The Morgan fingerprint density at radius 1 is 1.05 bits per heavy atom. The van der Waals surface area contributed by atoms with Crippen LogP contribution in [0.3, 0.4) is 0 Å². The second-order valence-electron chi connectivity index (χ2n) is 11.2. The van der Waals surface area contributed by atoms with Crippen LogP contribution in [-0.2, 0) is 42.9 Å². The molecule has 9 heteroatoms. The van der Waals surface area contributed by atoms with Gasteiger partial charge in [-0.25, -0.2) is 4.79 Å². The van der Waals surface area contributed by atoms with E-state index in [2.05, 4.69) is 0 Å². The molecule has 1 saturated carbocycles. The zero-order valence-electron chi connectivity index (χ0n) is 22.8. The van der Waals surface area contributed by atoms with Crippen molar-refractivity contribution in [3.8, 4) is 0 Å². The van der Waals surface area contributed by atoms with Crippen LogP contribution in [0.1, 0.15) is 80.6 Å². The molecular formula is C28H38O9. The van der Waals surface area contributed by atoms with Crippen LogP contribution < -0.4 is 0 Å². The van der Waals surface area contributed by atoms with E-state index in [0.29, 0.717) is 24.8 Å². The van der Waals surface area contributed by atoms with E-state index in [0.717, 1.165) is 11.1 Å².